The van der Waals surface area contributed by atoms with Crippen LogP contribution in [0.4, 0.5) is 0 Å². The molecule has 1 aromatic carbocycles. The van der Waals surface area contributed by atoms with Crippen LogP contribution in [0.1, 0.15) is 5.56 Å². The van der Waals surface area contributed by atoms with Crippen molar-refractivity contribution in [2.45, 2.75) is 11.4 Å². The third-order valence-corrected chi connectivity index (χ3v) is 4.99. The summed E-state index contributed by atoms with van der Waals surface area (Å²) >= 11 is 1.03. The molecule has 0 radical (unpaired) electrons. The Morgan fingerprint density at radius 2 is 1.95 bits per heavy atom. The highest BCUT2D eigenvalue weighted by molar-refractivity contribution is 7.91. The minimum atomic E-state index is -3.44. The van der Waals surface area contributed by atoms with Crippen LogP contribution in [-0.4, -0.2) is 18.7 Å². The van der Waals surface area contributed by atoms with Crippen molar-refractivity contribution in [1.82, 2.24) is 4.57 Å². The Kier molecular flexibility index (Phi) is 3.83. The summed E-state index contributed by atoms with van der Waals surface area (Å²) in [5, 5.41) is 10.3. The molecule has 7 heteroatoms. The first-order valence-electron chi connectivity index (χ1n) is 5.40. The van der Waals surface area contributed by atoms with E-state index >= 15 is 0 Å². The van der Waals surface area contributed by atoms with Crippen LogP contribution in [0.25, 0.3) is 0 Å². The molecule has 1 heterocycles. The molecule has 0 saturated carbocycles. The Bertz CT molecular complexity index is 764. The van der Waals surface area contributed by atoms with E-state index in [1.165, 1.54) is 28.8 Å². The summed E-state index contributed by atoms with van der Waals surface area (Å²) in [7, 11) is -3.44. The first kappa shape index (κ1) is 13.5. The first-order valence-corrected chi connectivity index (χ1v) is 7.93. The van der Waals surface area contributed by atoms with E-state index in [1.54, 1.807) is 11.6 Å². The highest BCUT2D eigenvalue weighted by Gasteiger charge is 2.14. The smallest absolute Gasteiger partial charge is 0.305 e. The molecule has 0 N–H and O–H groups in total. The molecule has 98 valence electrons. The Morgan fingerprint density at radius 3 is 2.47 bits per heavy atom. The summed E-state index contributed by atoms with van der Waals surface area (Å²) in [4.78, 5) is 11.3. The second-order valence-electron chi connectivity index (χ2n) is 3.82. The average Bonchev–Trinajstić information content (AvgIpc) is 2.82. The lowest BCUT2D eigenvalue weighted by atomic mass is 10.2. The van der Waals surface area contributed by atoms with Crippen LogP contribution in [0.5, 0.6) is 0 Å². The van der Waals surface area contributed by atoms with Crippen molar-refractivity contribution in [3.8, 4) is 6.07 Å². The number of hydrogen-bond donors (Lipinski definition) is 0. The summed E-state index contributed by atoms with van der Waals surface area (Å²) in [5.41, 5.74) is 0.410. The fourth-order valence-corrected chi connectivity index (χ4v) is 3.36. The molecule has 2 rings (SSSR count). The van der Waals surface area contributed by atoms with Gasteiger partial charge in [-0.15, -0.1) is 0 Å². The number of sulfone groups is 1. The summed E-state index contributed by atoms with van der Waals surface area (Å²) in [6, 6.07) is 7.67. The molecule has 1 aromatic heterocycles. The molecule has 0 bridgehead atoms. The molecule has 0 saturated heterocycles. The molecule has 0 aliphatic carbocycles. The van der Waals surface area contributed by atoms with Gasteiger partial charge in [0.25, 0.3) is 0 Å². The molecule has 0 fully saturated rings. The van der Waals surface area contributed by atoms with E-state index in [9.17, 15) is 13.2 Å². The molecule has 0 spiro atoms. The van der Waals surface area contributed by atoms with E-state index < -0.39 is 9.84 Å². The highest BCUT2D eigenvalue weighted by Crippen LogP contribution is 2.12. The monoisotopic (exact) mass is 294 g/mol. The Labute approximate surface area is 114 Å². The van der Waals surface area contributed by atoms with Crippen molar-refractivity contribution >= 4 is 21.2 Å². The van der Waals surface area contributed by atoms with Crippen molar-refractivity contribution in [3.63, 3.8) is 0 Å². The summed E-state index contributed by atoms with van der Waals surface area (Å²) in [6.45, 7) is 0.130. The maximum absolute atomic E-state index is 12.0. The molecular formula is C12H10N2O3S2. The van der Waals surface area contributed by atoms with Crippen LogP contribution in [0.15, 0.2) is 45.5 Å². The topological polar surface area (TPSA) is 79.9 Å². The number of hydrogen-bond acceptors (Lipinski definition) is 5. The van der Waals surface area contributed by atoms with Gasteiger partial charge in [0, 0.05) is 18.1 Å². The molecule has 19 heavy (non-hydrogen) atoms. The van der Waals surface area contributed by atoms with Crippen LogP contribution in [-0.2, 0) is 16.4 Å². The summed E-state index contributed by atoms with van der Waals surface area (Å²) in [5.74, 6) is -0.143. The van der Waals surface area contributed by atoms with Gasteiger partial charge in [-0.3, -0.25) is 4.79 Å². The SMILES string of the molecule is N#Cc1ccc(S(=O)(=O)CCn2ccsc2=O)cc1. The quantitative estimate of drug-likeness (QED) is 0.850. The molecule has 5 nitrogen and oxygen atoms in total. The standard InChI is InChI=1S/C12H10N2O3S2/c13-9-10-1-3-11(4-2-10)19(16,17)8-6-14-5-7-18-12(14)15/h1-5,7H,6,8H2. The third kappa shape index (κ3) is 3.10. The Balaban J connectivity index is 2.16. The largest absolute Gasteiger partial charge is 0.307 e. The van der Waals surface area contributed by atoms with E-state index in [2.05, 4.69) is 0 Å². The van der Waals surface area contributed by atoms with E-state index in [4.69, 9.17) is 5.26 Å². The zero-order valence-corrected chi connectivity index (χ0v) is 11.4. The normalized spacial score (nSPS) is 11.1. The number of aryl methyl sites for hydroxylation is 1. The molecule has 0 aliphatic heterocycles. The number of rotatable bonds is 4. The predicted molar refractivity (Wildman–Crippen MR) is 71.8 cm³/mol. The van der Waals surface area contributed by atoms with Gasteiger partial charge in [0.1, 0.15) is 0 Å². The predicted octanol–water partition coefficient (Wildman–Crippen LogP) is 1.26. The van der Waals surface area contributed by atoms with Crippen molar-refractivity contribution in [2.24, 2.45) is 0 Å². The molecule has 0 amide bonds. The van der Waals surface area contributed by atoms with E-state index in [0.717, 1.165) is 11.3 Å². The maximum Gasteiger partial charge on any atom is 0.307 e. The lowest BCUT2D eigenvalue weighted by molar-refractivity contribution is 0.588. The van der Waals surface area contributed by atoms with Gasteiger partial charge in [-0.1, -0.05) is 11.3 Å². The van der Waals surface area contributed by atoms with Crippen molar-refractivity contribution < 1.29 is 8.42 Å². The van der Waals surface area contributed by atoms with E-state index in [-0.39, 0.29) is 22.1 Å². The Morgan fingerprint density at radius 1 is 1.26 bits per heavy atom. The van der Waals surface area contributed by atoms with Crippen LogP contribution in [0.3, 0.4) is 0 Å². The van der Waals surface area contributed by atoms with Crippen molar-refractivity contribution in [1.29, 1.82) is 5.26 Å². The van der Waals surface area contributed by atoms with E-state index in [1.807, 2.05) is 6.07 Å². The zero-order chi connectivity index (χ0) is 13.9. The van der Waals surface area contributed by atoms with Gasteiger partial charge in [-0.25, -0.2) is 8.42 Å². The first-order chi connectivity index (χ1) is 9.03. The molecule has 0 aliphatic rings. The number of thiazole rings is 1. The van der Waals surface area contributed by atoms with Crippen LogP contribution >= 0.6 is 11.3 Å². The van der Waals surface area contributed by atoms with Crippen LogP contribution < -0.4 is 4.87 Å². The molecule has 2 aromatic rings. The van der Waals surface area contributed by atoms with Gasteiger partial charge in [0.2, 0.25) is 0 Å². The molecule has 0 atom stereocenters. The second kappa shape index (κ2) is 5.38. The van der Waals surface area contributed by atoms with Gasteiger partial charge in [0.15, 0.2) is 9.84 Å². The number of nitrogens with zero attached hydrogens (tertiary/aromatic N) is 2. The Hall–Kier alpha value is -1.91. The van der Waals surface area contributed by atoms with E-state index in [0.29, 0.717) is 5.56 Å². The average molecular weight is 294 g/mol. The van der Waals surface area contributed by atoms with Gasteiger partial charge in [-0.2, -0.15) is 5.26 Å². The molecule has 0 unspecified atom stereocenters. The summed E-state index contributed by atoms with van der Waals surface area (Å²) in [6.07, 6.45) is 1.57. The van der Waals surface area contributed by atoms with Gasteiger partial charge < -0.3 is 4.57 Å². The van der Waals surface area contributed by atoms with Crippen molar-refractivity contribution in [3.05, 3.63) is 51.1 Å². The minimum Gasteiger partial charge on any atom is -0.305 e. The fourth-order valence-electron chi connectivity index (χ4n) is 1.53. The fraction of sp³-hybridized carbons (Fsp3) is 0.167. The van der Waals surface area contributed by atoms with Crippen LogP contribution in [0, 0.1) is 11.3 Å². The summed E-state index contributed by atoms with van der Waals surface area (Å²) < 4.78 is 25.5. The second-order valence-corrected chi connectivity index (χ2v) is 6.78. The number of aromatic nitrogens is 1. The zero-order valence-electron chi connectivity index (χ0n) is 9.81. The lowest BCUT2D eigenvalue weighted by Crippen LogP contribution is -2.19. The lowest BCUT2D eigenvalue weighted by Gasteiger charge is -2.04. The van der Waals surface area contributed by atoms with Gasteiger partial charge >= 0.3 is 4.87 Å². The number of benzene rings is 1. The van der Waals surface area contributed by atoms with Crippen molar-refractivity contribution in [2.75, 3.05) is 5.75 Å². The van der Waals surface area contributed by atoms with Crippen LogP contribution in [0.2, 0.25) is 0 Å². The van der Waals surface area contributed by atoms with Gasteiger partial charge in [-0.05, 0) is 24.3 Å². The van der Waals surface area contributed by atoms with Gasteiger partial charge in [0.05, 0.1) is 22.3 Å². The molecular weight excluding hydrogens is 284 g/mol. The minimum absolute atomic E-state index is 0.130. The number of nitriles is 1. The maximum atomic E-state index is 12.0. The highest BCUT2D eigenvalue weighted by atomic mass is 32.2. The third-order valence-electron chi connectivity index (χ3n) is 2.59.